The van der Waals surface area contributed by atoms with Crippen LogP contribution in [0, 0.1) is 5.82 Å². The normalized spacial score (nSPS) is 11.0. The van der Waals surface area contributed by atoms with Gasteiger partial charge in [-0.15, -0.1) is 11.3 Å². The Hall–Kier alpha value is -2.21. The number of carbonyl (C=O) groups excluding carboxylic acids is 1. The van der Waals surface area contributed by atoms with Gasteiger partial charge in [0, 0.05) is 35.8 Å². The molecule has 0 aliphatic rings. The van der Waals surface area contributed by atoms with E-state index < -0.39 is 0 Å². The van der Waals surface area contributed by atoms with Crippen molar-refractivity contribution in [2.24, 2.45) is 0 Å². The van der Waals surface area contributed by atoms with Crippen LogP contribution in [0.2, 0.25) is 0 Å². The highest BCUT2D eigenvalue weighted by Crippen LogP contribution is 2.25. The van der Waals surface area contributed by atoms with Crippen LogP contribution in [0.1, 0.15) is 19.0 Å². The van der Waals surface area contributed by atoms with E-state index in [0.717, 1.165) is 10.7 Å². The van der Waals surface area contributed by atoms with Gasteiger partial charge >= 0.3 is 0 Å². The molecule has 0 saturated heterocycles. The summed E-state index contributed by atoms with van der Waals surface area (Å²) >= 11 is 1.50. The number of halogens is 1. The first kappa shape index (κ1) is 14.7. The van der Waals surface area contributed by atoms with Crippen LogP contribution in [0.5, 0.6) is 0 Å². The molecular weight excluding hydrogens is 301 g/mol. The number of imidazole rings is 1. The zero-order chi connectivity index (χ0) is 15.5. The van der Waals surface area contributed by atoms with Crippen molar-refractivity contribution < 1.29 is 9.18 Å². The van der Waals surface area contributed by atoms with Crippen LogP contribution in [-0.2, 0) is 11.2 Å². The van der Waals surface area contributed by atoms with Gasteiger partial charge in [-0.05, 0) is 25.5 Å². The van der Waals surface area contributed by atoms with Gasteiger partial charge in [0.1, 0.15) is 5.82 Å². The summed E-state index contributed by atoms with van der Waals surface area (Å²) < 4.78 is 15.8. The van der Waals surface area contributed by atoms with Gasteiger partial charge in [0.25, 0.3) is 0 Å². The van der Waals surface area contributed by atoms with Gasteiger partial charge in [-0.25, -0.2) is 9.37 Å². The summed E-state index contributed by atoms with van der Waals surface area (Å²) in [7, 11) is 0. The number of thiazole rings is 1. The number of hydrogen-bond donors (Lipinski definition) is 1. The minimum absolute atomic E-state index is 0.0382. The highest BCUT2D eigenvalue weighted by Gasteiger charge is 2.13. The molecule has 22 heavy (non-hydrogen) atoms. The lowest BCUT2D eigenvalue weighted by Crippen LogP contribution is -2.22. The molecule has 0 fully saturated rings. The molecule has 0 saturated carbocycles. The number of fused-ring (bicyclic) bond motifs is 1. The number of hydrogen-bond acceptors (Lipinski definition) is 3. The molecule has 3 aromatic rings. The van der Waals surface area contributed by atoms with E-state index in [2.05, 4.69) is 10.3 Å². The molecule has 0 radical (unpaired) electrons. The first-order chi connectivity index (χ1) is 10.7. The monoisotopic (exact) mass is 317 g/mol. The summed E-state index contributed by atoms with van der Waals surface area (Å²) in [6.07, 6.45) is 2.91. The minimum atomic E-state index is -0.280. The molecule has 0 aliphatic heterocycles. The van der Waals surface area contributed by atoms with Crippen molar-refractivity contribution in [2.45, 2.75) is 19.8 Å². The van der Waals surface area contributed by atoms with Crippen LogP contribution in [0.25, 0.3) is 16.2 Å². The number of benzene rings is 1. The summed E-state index contributed by atoms with van der Waals surface area (Å²) in [6, 6.07) is 6.60. The highest BCUT2D eigenvalue weighted by atomic mass is 32.1. The van der Waals surface area contributed by atoms with E-state index >= 15 is 0 Å². The number of nitrogens with one attached hydrogen (secondary N) is 1. The number of carbonyl (C=O) groups is 1. The van der Waals surface area contributed by atoms with E-state index in [-0.39, 0.29) is 11.7 Å². The predicted octanol–water partition coefficient (Wildman–Crippen LogP) is 3.27. The molecule has 0 atom stereocenters. The molecule has 1 aromatic carbocycles. The van der Waals surface area contributed by atoms with E-state index in [0.29, 0.717) is 30.6 Å². The van der Waals surface area contributed by atoms with Gasteiger partial charge in [0.2, 0.25) is 5.91 Å². The van der Waals surface area contributed by atoms with Gasteiger partial charge < -0.3 is 5.32 Å². The first-order valence-electron chi connectivity index (χ1n) is 7.16. The number of amides is 1. The zero-order valence-corrected chi connectivity index (χ0v) is 13.0. The Balaban J connectivity index is 1.86. The highest BCUT2D eigenvalue weighted by molar-refractivity contribution is 7.15. The molecule has 0 unspecified atom stereocenters. The van der Waals surface area contributed by atoms with Gasteiger partial charge in [-0.3, -0.25) is 9.20 Å². The van der Waals surface area contributed by atoms with Gasteiger partial charge in [-0.1, -0.05) is 12.1 Å². The van der Waals surface area contributed by atoms with Crippen LogP contribution in [0.15, 0.2) is 35.8 Å². The number of rotatable bonds is 5. The smallest absolute Gasteiger partial charge is 0.220 e. The van der Waals surface area contributed by atoms with Crippen molar-refractivity contribution in [3.63, 3.8) is 0 Å². The molecule has 3 rings (SSSR count). The van der Waals surface area contributed by atoms with Crippen molar-refractivity contribution in [3.05, 3.63) is 47.4 Å². The van der Waals surface area contributed by atoms with Crippen LogP contribution in [-0.4, -0.2) is 21.8 Å². The third-order valence-corrected chi connectivity index (χ3v) is 4.30. The lowest BCUT2D eigenvalue weighted by Gasteiger charge is -2.01. The molecule has 1 N–H and O–H groups in total. The fraction of sp³-hybridized carbons (Fsp3) is 0.250. The molecule has 1 amide bonds. The van der Waals surface area contributed by atoms with E-state index in [1.807, 2.05) is 22.9 Å². The fourth-order valence-electron chi connectivity index (χ4n) is 2.33. The number of nitrogens with zero attached hydrogens (tertiary/aromatic N) is 2. The Bertz CT molecular complexity index is 809. The van der Waals surface area contributed by atoms with E-state index in [9.17, 15) is 9.18 Å². The van der Waals surface area contributed by atoms with Crippen molar-refractivity contribution in [2.75, 3.05) is 6.54 Å². The maximum Gasteiger partial charge on any atom is 0.220 e. The maximum absolute atomic E-state index is 13.9. The summed E-state index contributed by atoms with van der Waals surface area (Å²) in [5.74, 6) is -0.242. The topological polar surface area (TPSA) is 46.4 Å². The molecule has 2 heterocycles. The Morgan fingerprint density at radius 2 is 2.23 bits per heavy atom. The van der Waals surface area contributed by atoms with Crippen molar-refractivity contribution in [1.82, 2.24) is 14.7 Å². The van der Waals surface area contributed by atoms with E-state index in [1.54, 1.807) is 18.2 Å². The average molecular weight is 317 g/mol. The molecule has 2 aromatic heterocycles. The SMILES string of the molecule is CCNC(=O)CCc1csc2nc(-c3ccccc3F)cn12. The van der Waals surface area contributed by atoms with Gasteiger partial charge in [0.15, 0.2) is 4.96 Å². The van der Waals surface area contributed by atoms with Crippen LogP contribution < -0.4 is 5.32 Å². The van der Waals surface area contributed by atoms with E-state index in [4.69, 9.17) is 0 Å². The van der Waals surface area contributed by atoms with Crippen LogP contribution in [0.3, 0.4) is 0 Å². The molecule has 6 heteroatoms. The molecule has 0 bridgehead atoms. The Morgan fingerprint density at radius 1 is 1.41 bits per heavy atom. The minimum Gasteiger partial charge on any atom is -0.356 e. The summed E-state index contributed by atoms with van der Waals surface area (Å²) in [6.45, 7) is 2.54. The average Bonchev–Trinajstić information content (AvgIpc) is 3.06. The summed E-state index contributed by atoms with van der Waals surface area (Å²) in [5, 5.41) is 4.78. The standard InChI is InChI=1S/C16H16FN3OS/c1-2-18-15(21)8-7-11-10-22-16-19-14(9-20(11)16)12-5-3-4-6-13(12)17/h3-6,9-10H,2,7-8H2,1H3,(H,18,21). The first-order valence-corrected chi connectivity index (χ1v) is 8.04. The zero-order valence-electron chi connectivity index (χ0n) is 12.2. The van der Waals surface area contributed by atoms with Crippen LogP contribution >= 0.6 is 11.3 Å². The second kappa shape index (κ2) is 6.27. The molecule has 0 spiro atoms. The number of aryl methyl sites for hydroxylation is 1. The van der Waals surface area contributed by atoms with Crippen molar-refractivity contribution >= 4 is 22.2 Å². The van der Waals surface area contributed by atoms with E-state index in [1.165, 1.54) is 17.4 Å². The predicted molar refractivity (Wildman–Crippen MR) is 85.5 cm³/mol. The second-order valence-corrected chi connectivity index (χ2v) is 5.78. The summed E-state index contributed by atoms with van der Waals surface area (Å²) in [5.41, 5.74) is 2.12. The summed E-state index contributed by atoms with van der Waals surface area (Å²) in [4.78, 5) is 16.8. The second-order valence-electron chi connectivity index (χ2n) is 4.94. The largest absolute Gasteiger partial charge is 0.356 e. The van der Waals surface area contributed by atoms with Crippen molar-refractivity contribution in [3.8, 4) is 11.3 Å². The third-order valence-electron chi connectivity index (χ3n) is 3.42. The lowest BCUT2D eigenvalue weighted by molar-refractivity contribution is -0.120. The Kier molecular flexibility index (Phi) is 4.20. The Morgan fingerprint density at radius 3 is 3.00 bits per heavy atom. The molecular formula is C16H16FN3OS. The van der Waals surface area contributed by atoms with Gasteiger partial charge in [-0.2, -0.15) is 0 Å². The molecule has 114 valence electrons. The van der Waals surface area contributed by atoms with Crippen LogP contribution in [0.4, 0.5) is 4.39 Å². The fourth-order valence-corrected chi connectivity index (χ4v) is 3.24. The van der Waals surface area contributed by atoms with Crippen molar-refractivity contribution in [1.29, 1.82) is 0 Å². The maximum atomic E-state index is 13.9. The molecule has 0 aliphatic carbocycles. The lowest BCUT2D eigenvalue weighted by atomic mass is 10.1. The quantitative estimate of drug-likeness (QED) is 0.785. The third kappa shape index (κ3) is 2.87. The number of aromatic nitrogens is 2. The van der Waals surface area contributed by atoms with Gasteiger partial charge in [0.05, 0.1) is 5.69 Å². The molecule has 4 nitrogen and oxygen atoms in total. The Labute approximate surface area is 131 Å².